The van der Waals surface area contributed by atoms with Crippen LogP contribution in [0.5, 0.6) is 0 Å². The second-order valence-corrected chi connectivity index (χ2v) is 6.65. The van der Waals surface area contributed by atoms with Crippen LogP contribution in [0.1, 0.15) is 22.9 Å². The molecule has 1 saturated heterocycles. The number of nitrogens with one attached hydrogen (secondary N) is 4. The average molecular weight is 339 g/mol. The van der Waals surface area contributed by atoms with Gasteiger partial charge in [-0.15, -0.1) is 11.3 Å². The summed E-state index contributed by atoms with van der Waals surface area (Å²) in [5, 5.41) is 7.20. The van der Waals surface area contributed by atoms with Gasteiger partial charge in [0.1, 0.15) is 6.04 Å². The molecular formula is C17H17N5OS. The Labute approximate surface area is 142 Å². The molecule has 3 heterocycles. The maximum absolute atomic E-state index is 12.2. The quantitative estimate of drug-likeness (QED) is 0.435. The number of carbonyl (C=O) groups is 1. The molecule has 0 bridgehead atoms. The zero-order valence-electron chi connectivity index (χ0n) is 12.8. The molecule has 4 rings (SSSR count). The molecular weight excluding hydrogens is 322 g/mol. The number of fused-ring (bicyclic) bond motifs is 1. The molecule has 7 heteroatoms. The van der Waals surface area contributed by atoms with Gasteiger partial charge in [-0.25, -0.2) is 16.3 Å². The molecule has 4 N–H and O–H groups in total. The SMILES string of the molecule is O=C(N/N=C/c1c[nH]c2ccccc12)C1CC(c2cccs2)NN1. The van der Waals surface area contributed by atoms with E-state index >= 15 is 0 Å². The third-order valence-corrected chi connectivity index (χ3v) is 5.09. The molecule has 122 valence electrons. The van der Waals surface area contributed by atoms with E-state index in [1.54, 1.807) is 17.6 Å². The maximum Gasteiger partial charge on any atom is 0.258 e. The van der Waals surface area contributed by atoms with Crippen molar-refractivity contribution in [2.75, 3.05) is 0 Å². The van der Waals surface area contributed by atoms with Gasteiger partial charge >= 0.3 is 0 Å². The van der Waals surface area contributed by atoms with Gasteiger partial charge in [0, 0.05) is 27.5 Å². The lowest BCUT2D eigenvalue weighted by atomic mass is 10.1. The number of thiophene rings is 1. The van der Waals surface area contributed by atoms with Gasteiger partial charge in [-0.2, -0.15) is 5.10 Å². The molecule has 2 atom stereocenters. The van der Waals surface area contributed by atoms with Crippen molar-refractivity contribution in [1.82, 2.24) is 21.3 Å². The molecule has 3 aromatic rings. The minimum Gasteiger partial charge on any atom is -0.361 e. The number of hydrazone groups is 1. The number of para-hydroxylation sites is 1. The second-order valence-electron chi connectivity index (χ2n) is 5.67. The summed E-state index contributed by atoms with van der Waals surface area (Å²) in [6.45, 7) is 0. The minimum atomic E-state index is -0.294. The third kappa shape index (κ3) is 2.96. The van der Waals surface area contributed by atoms with Crippen LogP contribution in [0.2, 0.25) is 0 Å². The highest BCUT2D eigenvalue weighted by Crippen LogP contribution is 2.25. The van der Waals surface area contributed by atoms with Gasteiger partial charge in [0.2, 0.25) is 0 Å². The van der Waals surface area contributed by atoms with Crippen molar-refractivity contribution in [3.63, 3.8) is 0 Å². The van der Waals surface area contributed by atoms with Crippen molar-refractivity contribution in [2.24, 2.45) is 5.10 Å². The summed E-state index contributed by atoms with van der Waals surface area (Å²) in [5.74, 6) is -0.141. The molecule has 2 unspecified atom stereocenters. The Balaban J connectivity index is 1.37. The van der Waals surface area contributed by atoms with Gasteiger partial charge < -0.3 is 4.98 Å². The van der Waals surface area contributed by atoms with E-state index in [0.29, 0.717) is 6.42 Å². The van der Waals surface area contributed by atoms with Crippen molar-refractivity contribution in [3.8, 4) is 0 Å². The minimum absolute atomic E-state index is 0.141. The number of hydrogen-bond acceptors (Lipinski definition) is 5. The number of rotatable bonds is 4. The summed E-state index contributed by atoms with van der Waals surface area (Å²) < 4.78 is 0. The summed E-state index contributed by atoms with van der Waals surface area (Å²) in [4.78, 5) is 16.6. The fourth-order valence-electron chi connectivity index (χ4n) is 2.85. The van der Waals surface area contributed by atoms with Gasteiger partial charge in [-0.05, 0) is 23.9 Å². The normalized spacial score (nSPS) is 20.8. The summed E-state index contributed by atoms with van der Waals surface area (Å²) in [5.41, 5.74) is 10.8. The first kappa shape index (κ1) is 15.1. The summed E-state index contributed by atoms with van der Waals surface area (Å²) in [6, 6.07) is 11.9. The Hall–Kier alpha value is -2.48. The number of carbonyl (C=O) groups excluding carboxylic acids is 1. The fraction of sp³-hybridized carbons (Fsp3) is 0.176. The van der Waals surface area contributed by atoms with E-state index in [1.807, 2.05) is 41.9 Å². The highest BCUT2D eigenvalue weighted by Gasteiger charge is 2.30. The number of hydrogen-bond donors (Lipinski definition) is 4. The maximum atomic E-state index is 12.2. The van der Waals surface area contributed by atoms with E-state index in [9.17, 15) is 4.79 Å². The predicted molar refractivity (Wildman–Crippen MR) is 95.8 cm³/mol. The first-order valence-electron chi connectivity index (χ1n) is 7.75. The molecule has 24 heavy (non-hydrogen) atoms. The zero-order valence-corrected chi connectivity index (χ0v) is 13.6. The molecule has 1 aromatic carbocycles. The standard InChI is InChI=1S/C17H17N5OS/c23-17(15-8-14(20-21-15)16-6-3-7-24-16)22-19-10-11-9-18-13-5-2-1-4-12(11)13/h1-7,9-10,14-15,18,20-21H,8H2,(H,22,23)/b19-10+. The largest absolute Gasteiger partial charge is 0.361 e. The van der Waals surface area contributed by atoms with Crippen LogP contribution >= 0.6 is 11.3 Å². The smallest absolute Gasteiger partial charge is 0.258 e. The molecule has 0 aliphatic carbocycles. The van der Waals surface area contributed by atoms with Crippen LogP contribution in [-0.4, -0.2) is 23.1 Å². The number of amides is 1. The number of hydrazine groups is 1. The first-order chi connectivity index (χ1) is 11.8. The average Bonchev–Trinajstić information content (AvgIpc) is 3.35. The molecule has 0 saturated carbocycles. The molecule has 0 spiro atoms. The molecule has 1 amide bonds. The third-order valence-electron chi connectivity index (χ3n) is 4.11. The van der Waals surface area contributed by atoms with E-state index in [4.69, 9.17) is 0 Å². The lowest BCUT2D eigenvalue weighted by Crippen LogP contribution is -2.41. The van der Waals surface area contributed by atoms with E-state index in [-0.39, 0.29) is 18.0 Å². The summed E-state index contributed by atoms with van der Waals surface area (Å²) >= 11 is 1.68. The van der Waals surface area contributed by atoms with Gasteiger partial charge in [0.15, 0.2) is 0 Å². The van der Waals surface area contributed by atoms with E-state index < -0.39 is 0 Å². The van der Waals surface area contributed by atoms with Crippen molar-refractivity contribution >= 4 is 34.4 Å². The predicted octanol–water partition coefficient (Wildman–Crippen LogP) is 2.29. The Bertz CT molecular complexity index is 870. The number of benzene rings is 1. The lowest BCUT2D eigenvalue weighted by Gasteiger charge is -2.06. The number of aromatic nitrogens is 1. The van der Waals surface area contributed by atoms with E-state index in [2.05, 4.69) is 32.4 Å². The summed E-state index contributed by atoms with van der Waals surface area (Å²) in [6.07, 6.45) is 4.24. The topological polar surface area (TPSA) is 81.3 Å². The zero-order chi connectivity index (χ0) is 16.4. The monoisotopic (exact) mass is 339 g/mol. The Morgan fingerprint density at radius 2 is 2.17 bits per heavy atom. The molecule has 1 fully saturated rings. The number of aromatic amines is 1. The van der Waals surface area contributed by atoms with Crippen LogP contribution in [0.15, 0.2) is 53.1 Å². The van der Waals surface area contributed by atoms with Crippen LogP contribution in [0.25, 0.3) is 10.9 Å². The van der Waals surface area contributed by atoms with Crippen LogP contribution < -0.4 is 16.3 Å². The Morgan fingerprint density at radius 3 is 3.04 bits per heavy atom. The van der Waals surface area contributed by atoms with Gasteiger partial charge in [-0.3, -0.25) is 4.79 Å². The van der Waals surface area contributed by atoms with Gasteiger partial charge in [-0.1, -0.05) is 24.3 Å². The molecule has 1 aliphatic heterocycles. The van der Waals surface area contributed by atoms with Crippen molar-refractivity contribution in [3.05, 3.63) is 58.4 Å². The van der Waals surface area contributed by atoms with Crippen LogP contribution in [0.4, 0.5) is 0 Å². The van der Waals surface area contributed by atoms with Crippen molar-refractivity contribution < 1.29 is 4.79 Å². The Morgan fingerprint density at radius 1 is 1.25 bits per heavy atom. The molecule has 0 radical (unpaired) electrons. The molecule has 1 aliphatic rings. The highest BCUT2D eigenvalue weighted by molar-refractivity contribution is 7.10. The van der Waals surface area contributed by atoms with Crippen LogP contribution in [0, 0.1) is 0 Å². The van der Waals surface area contributed by atoms with Gasteiger partial charge in [0.05, 0.1) is 12.3 Å². The van der Waals surface area contributed by atoms with E-state index in [1.165, 1.54) is 4.88 Å². The molecule has 6 nitrogen and oxygen atoms in total. The lowest BCUT2D eigenvalue weighted by molar-refractivity contribution is -0.122. The molecule has 2 aromatic heterocycles. The Kier molecular flexibility index (Phi) is 4.12. The van der Waals surface area contributed by atoms with Crippen molar-refractivity contribution in [2.45, 2.75) is 18.5 Å². The fourth-order valence-corrected chi connectivity index (χ4v) is 3.64. The number of nitrogens with zero attached hydrogens (tertiary/aromatic N) is 1. The van der Waals surface area contributed by atoms with E-state index in [0.717, 1.165) is 16.5 Å². The van der Waals surface area contributed by atoms with Crippen LogP contribution in [-0.2, 0) is 4.79 Å². The number of H-pyrrole nitrogens is 1. The summed E-state index contributed by atoms with van der Waals surface area (Å²) in [7, 11) is 0. The van der Waals surface area contributed by atoms with Crippen LogP contribution in [0.3, 0.4) is 0 Å². The van der Waals surface area contributed by atoms with Gasteiger partial charge in [0.25, 0.3) is 5.91 Å². The first-order valence-corrected chi connectivity index (χ1v) is 8.63. The second kappa shape index (κ2) is 6.56. The van der Waals surface area contributed by atoms with Crippen molar-refractivity contribution in [1.29, 1.82) is 0 Å². The highest BCUT2D eigenvalue weighted by atomic mass is 32.1.